The SMILES string of the molecule is Cc1nc2ccccc2c(=O)n1/N=C/c1c(O)c(Br)cc2oc3c(c12)CCCC3. The summed E-state index contributed by atoms with van der Waals surface area (Å²) in [5.74, 6) is 1.53. The van der Waals surface area contributed by atoms with E-state index in [4.69, 9.17) is 4.42 Å². The number of fused-ring (bicyclic) bond motifs is 4. The van der Waals surface area contributed by atoms with E-state index in [1.165, 1.54) is 10.9 Å². The fourth-order valence-corrected chi connectivity index (χ4v) is 4.45. The Labute approximate surface area is 174 Å². The summed E-state index contributed by atoms with van der Waals surface area (Å²) in [5.41, 5.74) is 2.77. The average Bonchev–Trinajstić information content (AvgIpc) is 3.08. The number of furan rings is 1. The molecule has 2 aromatic heterocycles. The van der Waals surface area contributed by atoms with Gasteiger partial charge < -0.3 is 9.52 Å². The second kappa shape index (κ2) is 6.84. The highest BCUT2D eigenvalue weighted by Crippen LogP contribution is 2.40. The zero-order valence-corrected chi connectivity index (χ0v) is 17.4. The van der Waals surface area contributed by atoms with Gasteiger partial charge >= 0.3 is 0 Å². The Morgan fingerprint density at radius 2 is 2.07 bits per heavy atom. The van der Waals surface area contributed by atoms with Crippen molar-refractivity contribution in [2.45, 2.75) is 32.6 Å². The van der Waals surface area contributed by atoms with E-state index in [1.807, 2.05) is 6.07 Å². The minimum atomic E-state index is -0.246. The summed E-state index contributed by atoms with van der Waals surface area (Å²) >= 11 is 3.40. The van der Waals surface area contributed by atoms with Gasteiger partial charge in [0.2, 0.25) is 0 Å². The first-order valence-corrected chi connectivity index (χ1v) is 10.3. The molecule has 146 valence electrons. The molecule has 2 aromatic carbocycles. The van der Waals surface area contributed by atoms with Gasteiger partial charge in [-0.05, 0) is 60.3 Å². The topological polar surface area (TPSA) is 80.6 Å². The predicted octanol–water partition coefficient (Wildman–Crippen LogP) is 4.68. The number of phenolic OH excluding ortho intramolecular Hbond substituents is 1. The van der Waals surface area contributed by atoms with Crippen LogP contribution in [0.1, 0.15) is 35.6 Å². The number of rotatable bonds is 2. The molecule has 0 bridgehead atoms. The van der Waals surface area contributed by atoms with Crippen molar-refractivity contribution in [3.63, 3.8) is 0 Å². The van der Waals surface area contributed by atoms with Crippen molar-refractivity contribution in [2.75, 3.05) is 0 Å². The number of aromatic nitrogens is 2. The first-order valence-electron chi connectivity index (χ1n) is 9.53. The second-order valence-corrected chi connectivity index (χ2v) is 8.10. The lowest BCUT2D eigenvalue weighted by Crippen LogP contribution is -2.20. The van der Waals surface area contributed by atoms with Crippen molar-refractivity contribution in [3.05, 3.63) is 67.9 Å². The summed E-state index contributed by atoms with van der Waals surface area (Å²) in [5, 5.41) is 16.5. The third-order valence-corrected chi connectivity index (χ3v) is 6.03. The molecule has 0 atom stereocenters. The molecule has 2 heterocycles. The molecule has 0 saturated carbocycles. The van der Waals surface area contributed by atoms with Crippen LogP contribution in [0.2, 0.25) is 0 Å². The summed E-state index contributed by atoms with van der Waals surface area (Å²) in [6.45, 7) is 1.74. The predicted molar refractivity (Wildman–Crippen MR) is 116 cm³/mol. The van der Waals surface area contributed by atoms with E-state index in [-0.39, 0.29) is 11.3 Å². The molecule has 7 heteroatoms. The van der Waals surface area contributed by atoms with Crippen LogP contribution in [-0.4, -0.2) is 21.0 Å². The normalized spacial score (nSPS) is 14.1. The van der Waals surface area contributed by atoms with Crippen LogP contribution in [0.15, 0.2) is 49.1 Å². The molecule has 29 heavy (non-hydrogen) atoms. The second-order valence-electron chi connectivity index (χ2n) is 7.24. The Morgan fingerprint density at radius 3 is 2.93 bits per heavy atom. The van der Waals surface area contributed by atoms with E-state index in [0.29, 0.717) is 32.3 Å². The molecule has 0 radical (unpaired) electrons. The number of halogens is 1. The molecule has 1 N–H and O–H groups in total. The molecule has 0 unspecified atom stereocenters. The molecule has 1 aliphatic rings. The molecule has 0 fully saturated rings. The van der Waals surface area contributed by atoms with Gasteiger partial charge in [0.1, 0.15) is 22.9 Å². The molecular formula is C22H18BrN3O3. The zero-order valence-electron chi connectivity index (χ0n) is 15.8. The Morgan fingerprint density at radius 1 is 1.28 bits per heavy atom. The van der Waals surface area contributed by atoms with Crippen molar-refractivity contribution in [1.82, 2.24) is 9.66 Å². The first kappa shape index (κ1) is 18.1. The largest absolute Gasteiger partial charge is 0.506 e. The van der Waals surface area contributed by atoms with Crippen LogP contribution in [0, 0.1) is 6.92 Å². The molecule has 6 nitrogen and oxygen atoms in total. The Kier molecular flexibility index (Phi) is 4.28. The first-order chi connectivity index (χ1) is 14.0. The number of hydrogen-bond acceptors (Lipinski definition) is 5. The highest BCUT2D eigenvalue weighted by molar-refractivity contribution is 9.10. The monoisotopic (exact) mass is 451 g/mol. The lowest BCUT2D eigenvalue weighted by atomic mass is 9.94. The maximum atomic E-state index is 12.9. The van der Waals surface area contributed by atoms with Gasteiger partial charge in [-0.15, -0.1) is 0 Å². The Hall–Kier alpha value is -2.93. The van der Waals surface area contributed by atoms with Crippen molar-refractivity contribution < 1.29 is 9.52 Å². The van der Waals surface area contributed by atoms with Gasteiger partial charge in [0.25, 0.3) is 5.56 Å². The minimum absolute atomic E-state index is 0.0786. The summed E-state index contributed by atoms with van der Waals surface area (Å²) in [6.07, 6.45) is 5.51. The summed E-state index contributed by atoms with van der Waals surface area (Å²) in [4.78, 5) is 17.4. The van der Waals surface area contributed by atoms with Crippen LogP contribution in [0.3, 0.4) is 0 Å². The number of aryl methyl sites for hydroxylation is 3. The van der Waals surface area contributed by atoms with Gasteiger partial charge in [0, 0.05) is 22.9 Å². The maximum Gasteiger partial charge on any atom is 0.282 e. The molecule has 4 aromatic rings. The smallest absolute Gasteiger partial charge is 0.282 e. The van der Waals surface area contributed by atoms with E-state index in [0.717, 1.165) is 42.4 Å². The number of hydrogen-bond donors (Lipinski definition) is 1. The van der Waals surface area contributed by atoms with E-state index >= 15 is 0 Å². The van der Waals surface area contributed by atoms with Crippen LogP contribution in [0.5, 0.6) is 5.75 Å². The average molecular weight is 452 g/mol. The van der Waals surface area contributed by atoms with Crippen molar-refractivity contribution in [2.24, 2.45) is 5.10 Å². The van der Waals surface area contributed by atoms with Crippen molar-refractivity contribution >= 4 is 44.0 Å². The number of aromatic hydroxyl groups is 1. The lowest BCUT2D eigenvalue weighted by Gasteiger charge is -2.10. The number of para-hydroxylation sites is 1. The van der Waals surface area contributed by atoms with Crippen LogP contribution >= 0.6 is 15.9 Å². The highest BCUT2D eigenvalue weighted by Gasteiger charge is 2.23. The maximum absolute atomic E-state index is 12.9. The quantitative estimate of drug-likeness (QED) is 0.448. The molecule has 0 saturated heterocycles. The number of phenols is 1. The summed E-state index contributed by atoms with van der Waals surface area (Å²) in [6, 6.07) is 8.97. The van der Waals surface area contributed by atoms with E-state index in [9.17, 15) is 9.90 Å². The number of benzene rings is 2. The van der Waals surface area contributed by atoms with Gasteiger partial charge in [-0.25, -0.2) is 4.98 Å². The van der Waals surface area contributed by atoms with E-state index in [2.05, 4.69) is 26.0 Å². The van der Waals surface area contributed by atoms with Crippen LogP contribution in [-0.2, 0) is 12.8 Å². The van der Waals surface area contributed by atoms with Gasteiger partial charge in [0.05, 0.1) is 21.6 Å². The van der Waals surface area contributed by atoms with E-state index < -0.39 is 0 Å². The Balaban J connectivity index is 1.73. The van der Waals surface area contributed by atoms with Gasteiger partial charge in [-0.3, -0.25) is 4.79 Å². The lowest BCUT2D eigenvalue weighted by molar-refractivity contribution is 0.471. The molecule has 0 aliphatic heterocycles. The standard InChI is InChI=1S/C22H18BrN3O3/c1-12-25-17-8-4-2-6-13(17)22(28)26(12)24-11-15-20-14-7-3-5-9-18(14)29-19(20)10-16(23)21(15)27/h2,4,6,8,10-11,27H,3,5,7,9H2,1H3/b24-11+. The van der Waals surface area contributed by atoms with E-state index in [1.54, 1.807) is 31.2 Å². The van der Waals surface area contributed by atoms with Crippen LogP contribution < -0.4 is 5.56 Å². The molecule has 0 amide bonds. The zero-order chi connectivity index (χ0) is 20.1. The Bertz CT molecular complexity index is 1370. The summed E-state index contributed by atoms with van der Waals surface area (Å²) in [7, 11) is 0. The molecule has 1 aliphatic carbocycles. The van der Waals surface area contributed by atoms with Gasteiger partial charge in [-0.2, -0.15) is 9.78 Å². The van der Waals surface area contributed by atoms with Gasteiger partial charge in [-0.1, -0.05) is 12.1 Å². The highest BCUT2D eigenvalue weighted by atomic mass is 79.9. The molecular weight excluding hydrogens is 434 g/mol. The third kappa shape index (κ3) is 2.88. The van der Waals surface area contributed by atoms with Gasteiger partial charge in [0.15, 0.2) is 0 Å². The molecule has 5 rings (SSSR count). The minimum Gasteiger partial charge on any atom is -0.506 e. The fraction of sp³-hybridized carbons (Fsp3) is 0.227. The number of nitrogens with zero attached hydrogens (tertiary/aromatic N) is 3. The third-order valence-electron chi connectivity index (χ3n) is 5.42. The molecule has 0 spiro atoms. The van der Waals surface area contributed by atoms with Crippen molar-refractivity contribution in [1.29, 1.82) is 0 Å². The summed E-state index contributed by atoms with van der Waals surface area (Å²) < 4.78 is 7.83. The fourth-order valence-electron chi connectivity index (χ4n) is 4.03. The van der Waals surface area contributed by atoms with Crippen LogP contribution in [0.25, 0.3) is 21.9 Å². The van der Waals surface area contributed by atoms with Crippen LogP contribution in [0.4, 0.5) is 0 Å². The van der Waals surface area contributed by atoms with Crippen molar-refractivity contribution in [3.8, 4) is 5.75 Å².